The van der Waals surface area contributed by atoms with Crippen LogP contribution in [-0.2, 0) is 50.7 Å². The van der Waals surface area contributed by atoms with Gasteiger partial charge in [-0.25, -0.2) is 19.3 Å². The molecule has 25 nitrogen and oxygen atoms in total. The van der Waals surface area contributed by atoms with Gasteiger partial charge in [-0.15, -0.1) is 0 Å². The number of anilines is 1. The van der Waals surface area contributed by atoms with Crippen LogP contribution in [0.5, 0.6) is 0 Å². The lowest BCUT2D eigenvalue weighted by molar-refractivity contribution is -0.347. The smallest absolute Gasteiger partial charge is 0.274 e. The highest BCUT2D eigenvalue weighted by Gasteiger charge is 2.47. The van der Waals surface area contributed by atoms with Gasteiger partial charge in [0.2, 0.25) is 16.9 Å². The first-order chi connectivity index (χ1) is 31.0. The van der Waals surface area contributed by atoms with Crippen LogP contribution in [0.15, 0.2) is 12.7 Å². The maximum absolute atomic E-state index is 12.6. The summed E-state index contributed by atoms with van der Waals surface area (Å²) >= 11 is 0.901. The van der Waals surface area contributed by atoms with E-state index < -0.39 is 90.7 Å². The van der Waals surface area contributed by atoms with Crippen molar-refractivity contribution >= 4 is 69.1 Å². The average Bonchev–Trinajstić information content (AvgIpc) is 3.80. The van der Waals surface area contributed by atoms with Gasteiger partial charge in [0.05, 0.1) is 27.4 Å². The molecule has 2 amide bonds. The minimum absolute atomic E-state index is 0.0242. The lowest BCUT2D eigenvalue weighted by Crippen LogP contribution is -2.46. The molecule has 0 radical (unpaired) electrons. The van der Waals surface area contributed by atoms with Gasteiger partial charge in [-0.1, -0.05) is 110 Å². The second-order valence-corrected chi connectivity index (χ2v) is 21.5. The fourth-order valence-corrected chi connectivity index (χ4v) is 10.1. The molecule has 3 rings (SSSR count). The van der Waals surface area contributed by atoms with Crippen molar-refractivity contribution in [3.05, 3.63) is 12.7 Å². The number of aromatic nitrogens is 4. The summed E-state index contributed by atoms with van der Waals surface area (Å²) in [5.74, 6) is -1.39. The van der Waals surface area contributed by atoms with E-state index in [0.717, 1.165) is 54.7 Å². The second-order valence-electron chi connectivity index (χ2n) is 16.3. The van der Waals surface area contributed by atoms with Crippen LogP contribution in [0.3, 0.4) is 0 Å². The molecular weight excluding hydrogens is 955 g/mol. The van der Waals surface area contributed by atoms with E-state index in [1.165, 1.54) is 65.2 Å². The summed E-state index contributed by atoms with van der Waals surface area (Å²) in [4.78, 5) is 96.8. The van der Waals surface area contributed by atoms with Crippen molar-refractivity contribution in [2.45, 2.75) is 147 Å². The number of phosphoric ester groups is 3. The van der Waals surface area contributed by atoms with Crippen LogP contribution < -0.4 is 35.9 Å². The Morgan fingerprint density at radius 3 is 2.14 bits per heavy atom. The van der Waals surface area contributed by atoms with Crippen LogP contribution in [0.1, 0.15) is 117 Å². The highest BCUT2D eigenvalue weighted by Crippen LogP contribution is 2.56. The maximum atomic E-state index is 12.6. The number of fused-ring (bicyclic) bond motifs is 1. The molecule has 2 aromatic heterocycles. The zero-order valence-electron chi connectivity index (χ0n) is 37.1. The topological polar surface area (TPSA) is 395 Å². The molecule has 1 fully saturated rings. The molecule has 1 aliphatic heterocycles. The number of nitrogens with one attached hydrogen (secondary N) is 2. The Kier molecular flexibility index (Phi) is 24.2. The lowest BCUT2D eigenvalue weighted by atomic mass is 9.87. The number of rotatable bonds is 33. The van der Waals surface area contributed by atoms with E-state index in [1.807, 2.05) is 0 Å². The Morgan fingerprint density at radius 2 is 1.52 bits per heavy atom. The third-order valence-electron chi connectivity index (χ3n) is 10.3. The van der Waals surface area contributed by atoms with E-state index in [4.69, 9.17) is 10.5 Å². The number of nitrogen functional groups attached to an aromatic ring is 1. The van der Waals surface area contributed by atoms with Crippen LogP contribution in [0.2, 0.25) is 0 Å². The van der Waals surface area contributed by atoms with Gasteiger partial charge < -0.3 is 74.1 Å². The van der Waals surface area contributed by atoms with Crippen molar-refractivity contribution in [2.24, 2.45) is 5.41 Å². The third kappa shape index (κ3) is 20.2. The zero-order chi connectivity index (χ0) is 49.1. The first-order valence-corrected chi connectivity index (χ1v) is 27.0. The molecule has 1 aliphatic rings. The summed E-state index contributed by atoms with van der Waals surface area (Å²) in [7, 11) is -17.6. The van der Waals surface area contributed by atoms with Crippen molar-refractivity contribution in [1.82, 2.24) is 30.2 Å². The fraction of sp³-hybridized carbons (Fsp3) is 0.784. The largest absolute Gasteiger partial charge is 0.790 e. The van der Waals surface area contributed by atoms with E-state index in [-0.39, 0.29) is 47.4 Å². The minimum Gasteiger partial charge on any atom is -0.790 e. The Hall–Kier alpha value is -2.48. The number of unbranched alkanes of at least 4 members (excludes halogenated alkanes) is 11. The van der Waals surface area contributed by atoms with Gasteiger partial charge in [0.1, 0.15) is 42.4 Å². The van der Waals surface area contributed by atoms with Crippen LogP contribution in [0, 0.1) is 5.41 Å². The molecule has 3 heterocycles. The van der Waals surface area contributed by atoms with Crippen molar-refractivity contribution < 1.29 is 85.6 Å². The summed E-state index contributed by atoms with van der Waals surface area (Å²) in [5, 5.41) is 36.1. The predicted molar refractivity (Wildman–Crippen MR) is 230 cm³/mol. The molecule has 0 bridgehead atoms. The number of amides is 2. The number of hydrogen-bond donors (Lipinski definition) is 6. The highest BCUT2D eigenvalue weighted by molar-refractivity contribution is 8.13. The fourth-order valence-electron chi connectivity index (χ4n) is 6.65. The van der Waals surface area contributed by atoms with Gasteiger partial charge in [0, 0.05) is 30.7 Å². The van der Waals surface area contributed by atoms with Crippen LogP contribution in [0.4, 0.5) is 5.82 Å². The van der Waals surface area contributed by atoms with Gasteiger partial charge in [-0.2, -0.15) is 0 Å². The van der Waals surface area contributed by atoms with E-state index in [2.05, 4.69) is 50.4 Å². The van der Waals surface area contributed by atoms with Gasteiger partial charge in [0.25, 0.3) is 15.6 Å². The standard InChI is InChI=1S/C37H66N7O18P3S/c1-4-5-6-7-8-9-10-11-12-13-14-15-16-25(45)36(50)66-20-19-39-27(46)17-18-40-34(49)31(48)37(2,3)22-59-65(56,57)62-64(54,55)58-21-26-30(61-63(51,52)53)29(47)35(60-26)44-24-43-28-32(38)41-23-42-33(28)44/h23-26,29-31,35,45,47-48H,4-22H2,1-3H3,(H,39,46)(H,40,49)(H,54,55)(H,56,57)(H2,38,41,42)(H2,51,52,53)/p-4/t25-,26-,29-,30-,31+,35-/m1/s1. The Balaban J connectivity index is 1.34. The van der Waals surface area contributed by atoms with Gasteiger partial charge >= 0.3 is 0 Å². The van der Waals surface area contributed by atoms with Gasteiger partial charge in [0.15, 0.2) is 17.7 Å². The Morgan fingerprint density at radius 1 is 0.909 bits per heavy atom. The van der Waals surface area contributed by atoms with Crippen molar-refractivity contribution in [3.8, 4) is 0 Å². The molecule has 0 spiro atoms. The summed E-state index contributed by atoms with van der Waals surface area (Å²) < 4.78 is 60.7. The number of carbonyl (C=O) groups excluding carboxylic acids is 3. The third-order valence-corrected chi connectivity index (χ3v) is 14.3. The molecule has 7 N–H and O–H groups in total. The highest BCUT2D eigenvalue weighted by atomic mass is 32.2. The lowest BCUT2D eigenvalue weighted by Gasteiger charge is -2.36. The Labute approximate surface area is 387 Å². The first-order valence-electron chi connectivity index (χ1n) is 21.6. The minimum atomic E-state index is -5.93. The average molecular weight is 1020 g/mol. The SMILES string of the molecule is CCCCCCCCCCCCCC[C@@H](O)C(=O)SCCNC(=O)CCNC(=O)[C@H](O)C(C)(C)COP(=O)([O-])OP(=O)([O-])OC[C@H]1O[C@@H](n2cnc3c(N)ncnc32)[C@H](O)[C@@H]1OP(=O)([O-])[O-]. The zero-order valence-corrected chi connectivity index (χ0v) is 40.6. The first kappa shape index (κ1) is 57.8. The molecular formula is C37H62N7O18P3S-4. The number of aliphatic hydroxyl groups is 3. The van der Waals surface area contributed by atoms with Gasteiger partial charge in [-0.05, 0) is 6.42 Å². The van der Waals surface area contributed by atoms with Crippen molar-refractivity contribution in [3.63, 3.8) is 0 Å². The number of nitrogens with zero attached hydrogens (tertiary/aromatic N) is 4. The molecule has 0 aliphatic carbocycles. The number of aliphatic hydroxyl groups excluding tert-OH is 3. The number of phosphoric acid groups is 3. The summed E-state index contributed by atoms with van der Waals surface area (Å²) in [6.07, 6.45) is 5.70. The predicted octanol–water partition coefficient (Wildman–Crippen LogP) is 0.589. The summed E-state index contributed by atoms with van der Waals surface area (Å²) in [5.41, 5.74) is 4.06. The Bertz CT molecular complexity index is 2000. The number of nitrogens with two attached hydrogens (primary N) is 1. The van der Waals surface area contributed by atoms with Crippen LogP contribution >= 0.6 is 35.2 Å². The number of imidazole rings is 1. The molecule has 378 valence electrons. The number of carbonyl (C=O) groups is 3. The molecule has 0 saturated carbocycles. The second kappa shape index (κ2) is 27.6. The van der Waals surface area contributed by atoms with E-state index >= 15 is 0 Å². The van der Waals surface area contributed by atoms with Crippen molar-refractivity contribution in [1.29, 1.82) is 0 Å². The van der Waals surface area contributed by atoms with Crippen LogP contribution in [-0.4, -0.2) is 114 Å². The number of thioether (sulfide) groups is 1. The molecule has 8 atom stereocenters. The molecule has 2 unspecified atom stereocenters. The summed E-state index contributed by atoms with van der Waals surface area (Å²) in [6.45, 7) is 2.17. The maximum Gasteiger partial charge on any atom is 0.274 e. The summed E-state index contributed by atoms with van der Waals surface area (Å²) in [6, 6.07) is 0. The van der Waals surface area contributed by atoms with E-state index in [1.54, 1.807) is 0 Å². The molecule has 66 heavy (non-hydrogen) atoms. The molecule has 0 aromatic carbocycles. The molecule has 1 saturated heterocycles. The van der Waals surface area contributed by atoms with Gasteiger partial charge in [-0.3, -0.25) is 28.1 Å². The monoisotopic (exact) mass is 1020 g/mol. The van der Waals surface area contributed by atoms with Crippen LogP contribution in [0.25, 0.3) is 11.2 Å². The van der Waals surface area contributed by atoms with Crippen molar-refractivity contribution in [2.75, 3.05) is 37.8 Å². The quantitative estimate of drug-likeness (QED) is 0.0421. The van der Waals surface area contributed by atoms with E-state index in [0.29, 0.717) is 6.42 Å². The number of ether oxygens (including phenoxy) is 1. The molecule has 29 heteroatoms. The normalized spacial score (nSPS) is 20.7. The van der Waals surface area contributed by atoms with E-state index in [9.17, 15) is 63.0 Å². The number of hydrogen-bond acceptors (Lipinski definition) is 23. The molecule has 2 aromatic rings.